The van der Waals surface area contributed by atoms with Crippen molar-refractivity contribution in [2.75, 3.05) is 13.2 Å². The van der Waals surface area contributed by atoms with E-state index in [1.807, 2.05) is 12.3 Å². The highest BCUT2D eigenvalue weighted by Crippen LogP contribution is 2.00. The number of nitrogens with zero attached hydrogens (tertiary/aromatic N) is 1. The molecule has 1 heterocycles. The monoisotopic (exact) mass is 179 g/mol. The molecule has 0 aliphatic rings. The molecule has 1 aromatic heterocycles. The second-order valence-electron chi connectivity index (χ2n) is 3.08. The molecule has 0 atom stereocenters. The molecule has 0 radical (unpaired) electrons. The summed E-state index contributed by atoms with van der Waals surface area (Å²) in [6, 6.07) is 4.08. The zero-order chi connectivity index (χ0) is 9.36. The fourth-order valence-corrected chi connectivity index (χ4v) is 1.17. The molecule has 13 heavy (non-hydrogen) atoms. The van der Waals surface area contributed by atoms with Crippen molar-refractivity contribution in [3.63, 3.8) is 0 Å². The van der Waals surface area contributed by atoms with Crippen LogP contribution in [0.4, 0.5) is 0 Å². The fraction of sp³-hybridized carbons (Fsp3) is 0.545. The number of ether oxygens (including phenoxy) is 1. The van der Waals surface area contributed by atoms with Gasteiger partial charge in [-0.25, -0.2) is 0 Å². The Morgan fingerprint density at radius 3 is 3.00 bits per heavy atom. The fourth-order valence-electron chi connectivity index (χ4n) is 1.17. The van der Waals surface area contributed by atoms with Crippen LogP contribution in [0.5, 0.6) is 0 Å². The second-order valence-corrected chi connectivity index (χ2v) is 3.08. The Morgan fingerprint density at radius 2 is 2.31 bits per heavy atom. The Morgan fingerprint density at radius 1 is 1.38 bits per heavy atom. The summed E-state index contributed by atoms with van der Waals surface area (Å²) in [4.78, 5) is 4.06. The van der Waals surface area contributed by atoms with E-state index < -0.39 is 0 Å². The Balaban J connectivity index is 2.07. The van der Waals surface area contributed by atoms with Crippen LogP contribution in [0.25, 0.3) is 0 Å². The predicted octanol–water partition coefficient (Wildman–Crippen LogP) is 2.44. The van der Waals surface area contributed by atoms with E-state index in [1.54, 1.807) is 6.20 Å². The van der Waals surface area contributed by atoms with Crippen molar-refractivity contribution in [3.8, 4) is 0 Å². The average Bonchev–Trinajstić information content (AvgIpc) is 2.19. The van der Waals surface area contributed by atoms with E-state index in [9.17, 15) is 0 Å². The molecule has 0 N–H and O–H groups in total. The van der Waals surface area contributed by atoms with E-state index in [0.29, 0.717) is 0 Å². The van der Waals surface area contributed by atoms with Gasteiger partial charge in [0.05, 0.1) is 0 Å². The highest BCUT2D eigenvalue weighted by Gasteiger charge is 1.92. The van der Waals surface area contributed by atoms with Crippen LogP contribution in [0.2, 0.25) is 0 Å². The maximum Gasteiger partial charge on any atom is 0.0469 e. The minimum absolute atomic E-state index is 0.864. The lowest BCUT2D eigenvalue weighted by Crippen LogP contribution is -1.97. The van der Waals surface area contributed by atoms with Crippen molar-refractivity contribution < 1.29 is 4.74 Å². The molecule has 0 saturated carbocycles. The third-order valence-electron chi connectivity index (χ3n) is 1.83. The van der Waals surface area contributed by atoms with E-state index in [-0.39, 0.29) is 0 Å². The topological polar surface area (TPSA) is 22.1 Å². The third kappa shape index (κ3) is 4.63. The van der Waals surface area contributed by atoms with Gasteiger partial charge < -0.3 is 4.74 Å². The number of aryl methyl sites for hydroxylation is 1. The van der Waals surface area contributed by atoms with E-state index in [0.717, 1.165) is 32.5 Å². The molecule has 0 aliphatic heterocycles. The summed E-state index contributed by atoms with van der Waals surface area (Å²) < 4.78 is 5.38. The van der Waals surface area contributed by atoms with E-state index in [1.165, 1.54) is 5.56 Å². The minimum Gasteiger partial charge on any atom is -0.381 e. The first-order valence-electron chi connectivity index (χ1n) is 4.90. The van der Waals surface area contributed by atoms with Gasteiger partial charge in [-0.3, -0.25) is 4.98 Å². The summed E-state index contributed by atoms with van der Waals surface area (Å²) >= 11 is 0. The number of hydrogen-bond acceptors (Lipinski definition) is 2. The normalized spacial score (nSPS) is 10.2. The van der Waals surface area contributed by atoms with Gasteiger partial charge in [-0.1, -0.05) is 13.0 Å². The highest BCUT2D eigenvalue weighted by molar-refractivity contribution is 5.08. The third-order valence-corrected chi connectivity index (χ3v) is 1.83. The van der Waals surface area contributed by atoms with Crippen LogP contribution in [-0.4, -0.2) is 18.2 Å². The highest BCUT2D eigenvalue weighted by atomic mass is 16.5. The molecule has 1 rings (SSSR count). The van der Waals surface area contributed by atoms with Crippen molar-refractivity contribution in [2.24, 2.45) is 0 Å². The van der Waals surface area contributed by atoms with Gasteiger partial charge in [-0.05, 0) is 30.9 Å². The van der Waals surface area contributed by atoms with Crippen molar-refractivity contribution in [2.45, 2.75) is 26.2 Å². The summed E-state index contributed by atoms with van der Waals surface area (Å²) in [5.41, 5.74) is 1.29. The first-order valence-corrected chi connectivity index (χ1v) is 4.90. The van der Waals surface area contributed by atoms with Gasteiger partial charge in [0.2, 0.25) is 0 Å². The van der Waals surface area contributed by atoms with Gasteiger partial charge in [0.1, 0.15) is 0 Å². The zero-order valence-corrected chi connectivity index (χ0v) is 8.20. The maximum atomic E-state index is 5.38. The predicted molar refractivity (Wildman–Crippen MR) is 53.7 cm³/mol. The van der Waals surface area contributed by atoms with Crippen molar-refractivity contribution in [1.29, 1.82) is 0 Å². The number of pyridine rings is 1. The van der Waals surface area contributed by atoms with Gasteiger partial charge in [0.25, 0.3) is 0 Å². The van der Waals surface area contributed by atoms with Crippen LogP contribution in [-0.2, 0) is 11.2 Å². The summed E-state index contributed by atoms with van der Waals surface area (Å²) in [7, 11) is 0. The molecule has 1 aromatic rings. The number of hydrogen-bond donors (Lipinski definition) is 0. The molecule has 2 nitrogen and oxygen atoms in total. The van der Waals surface area contributed by atoms with Crippen molar-refractivity contribution in [1.82, 2.24) is 4.98 Å². The first-order chi connectivity index (χ1) is 6.43. The molecule has 0 unspecified atom stereocenters. The van der Waals surface area contributed by atoms with Gasteiger partial charge in [-0.15, -0.1) is 0 Å². The van der Waals surface area contributed by atoms with Crippen LogP contribution in [0.15, 0.2) is 24.5 Å². The van der Waals surface area contributed by atoms with Gasteiger partial charge in [0, 0.05) is 25.6 Å². The lowest BCUT2D eigenvalue weighted by molar-refractivity contribution is 0.132. The molecule has 0 saturated heterocycles. The van der Waals surface area contributed by atoms with Crippen LogP contribution in [0.3, 0.4) is 0 Å². The summed E-state index contributed by atoms with van der Waals surface area (Å²) in [6.45, 7) is 3.87. The molecule has 0 amide bonds. The van der Waals surface area contributed by atoms with E-state index in [2.05, 4.69) is 18.0 Å². The number of aromatic nitrogens is 1. The molecule has 0 bridgehead atoms. The standard InChI is InChI=1S/C11H17NO/c1-2-8-13-9-4-6-11-5-3-7-12-10-11/h3,5,7,10H,2,4,6,8-9H2,1H3. The first kappa shape index (κ1) is 10.2. The van der Waals surface area contributed by atoms with Crippen LogP contribution in [0.1, 0.15) is 25.3 Å². The maximum absolute atomic E-state index is 5.38. The Bertz CT molecular complexity index is 211. The van der Waals surface area contributed by atoms with Crippen LogP contribution in [0, 0.1) is 0 Å². The summed E-state index contributed by atoms with van der Waals surface area (Å²) in [5, 5.41) is 0. The second kappa shape index (κ2) is 6.61. The van der Waals surface area contributed by atoms with Gasteiger partial charge in [0.15, 0.2) is 0 Å². The largest absolute Gasteiger partial charge is 0.381 e. The lowest BCUT2D eigenvalue weighted by Gasteiger charge is -2.01. The molecule has 2 heteroatoms. The van der Waals surface area contributed by atoms with E-state index >= 15 is 0 Å². The minimum atomic E-state index is 0.864. The molecular formula is C11H17NO. The molecule has 0 aromatic carbocycles. The zero-order valence-electron chi connectivity index (χ0n) is 8.20. The van der Waals surface area contributed by atoms with Gasteiger partial charge >= 0.3 is 0 Å². The molecular weight excluding hydrogens is 162 g/mol. The van der Waals surface area contributed by atoms with Crippen molar-refractivity contribution in [3.05, 3.63) is 30.1 Å². The molecule has 0 fully saturated rings. The number of rotatable bonds is 6. The Labute approximate surface area is 80.0 Å². The van der Waals surface area contributed by atoms with E-state index in [4.69, 9.17) is 4.74 Å². The Hall–Kier alpha value is -0.890. The molecule has 0 aliphatic carbocycles. The lowest BCUT2D eigenvalue weighted by atomic mass is 10.2. The average molecular weight is 179 g/mol. The molecule has 0 spiro atoms. The van der Waals surface area contributed by atoms with Crippen LogP contribution >= 0.6 is 0 Å². The summed E-state index contributed by atoms with van der Waals surface area (Å²) in [5.74, 6) is 0. The quantitative estimate of drug-likeness (QED) is 0.626. The smallest absolute Gasteiger partial charge is 0.0469 e. The molecule has 72 valence electrons. The van der Waals surface area contributed by atoms with Crippen LogP contribution < -0.4 is 0 Å². The summed E-state index contributed by atoms with van der Waals surface area (Å²) in [6.07, 6.45) is 6.98. The Kier molecular flexibility index (Phi) is 5.18. The van der Waals surface area contributed by atoms with Gasteiger partial charge in [-0.2, -0.15) is 0 Å². The van der Waals surface area contributed by atoms with Crippen molar-refractivity contribution >= 4 is 0 Å². The SMILES string of the molecule is CCCOCCCc1cccnc1.